The van der Waals surface area contributed by atoms with Crippen LogP contribution in [0, 0.1) is 5.41 Å². The van der Waals surface area contributed by atoms with E-state index in [9.17, 15) is 4.79 Å². The zero-order valence-corrected chi connectivity index (χ0v) is 10.7. The first-order valence-corrected chi connectivity index (χ1v) is 6.02. The molecule has 0 bridgehead atoms. The van der Waals surface area contributed by atoms with Crippen molar-refractivity contribution in [3.8, 4) is 0 Å². The molecule has 0 saturated heterocycles. The van der Waals surface area contributed by atoms with Crippen molar-refractivity contribution >= 4 is 22.4 Å². The minimum absolute atomic E-state index is 0.296. The number of nitrogens with one attached hydrogen (secondary N) is 1. The molecule has 0 aliphatic rings. The summed E-state index contributed by atoms with van der Waals surface area (Å²) in [6.07, 6.45) is 0. The van der Waals surface area contributed by atoms with Crippen molar-refractivity contribution in [3.05, 3.63) is 42.5 Å². The van der Waals surface area contributed by atoms with Gasteiger partial charge in [0.1, 0.15) is 0 Å². The van der Waals surface area contributed by atoms with E-state index in [-0.39, 0.29) is 5.91 Å². The molecule has 0 saturated carbocycles. The van der Waals surface area contributed by atoms with Crippen molar-refractivity contribution in [2.75, 3.05) is 11.9 Å². The summed E-state index contributed by atoms with van der Waals surface area (Å²) in [5.41, 5.74) is 5.80. The summed E-state index contributed by atoms with van der Waals surface area (Å²) < 4.78 is 0. The summed E-state index contributed by atoms with van der Waals surface area (Å²) >= 11 is 0. The maximum Gasteiger partial charge on any atom is 0.224 e. The number of carbonyl (C=O) groups is 1. The Balaban J connectivity index is 2.15. The van der Waals surface area contributed by atoms with E-state index in [4.69, 9.17) is 5.73 Å². The summed E-state index contributed by atoms with van der Waals surface area (Å²) in [4.78, 5) is 11.2. The number of rotatable bonds is 4. The molecule has 94 valence electrons. The van der Waals surface area contributed by atoms with Gasteiger partial charge in [0.15, 0.2) is 0 Å². The van der Waals surface area contributed by atoms with Crippen LogP contribution in [0.2, 0.25) is 0 Å². The molecule has 0 aliphatic heterocycles. The van der Waals surface area contributed by atoms with Gasteiger partial charge in [0, 0.05) is 12.2 Å². The number of benzene rings is 2. The topological polar surface area (TPSA) is 55.1 Å². The Labute approximate surface area is 107 Å². The van der Waals surface area contributed by atoms with E-state index in [2.05, 4.69) is 29.6 Å². The molecular weight excluding hydrogens is 224 g/mol. The van der Waals surface area contributed by atoms with E-state index in [1.54, 1.807) is 0 Å². The number of amides is 1. The predicted octanol–water partition coefficient (Wildman–Crippen LogP) is 2.76. The minimum Gasteiger partial charge on any atom is -0.384 e. The van der Waals surface area contributed by atoms with Gasteiger partial charge < -0.3 is 11.1 Å². The molecule has 1 amide bonds. The van der Waals surface area contributed by atoms with Gasteiger partial charge in [-0.3, -0.25) is 4.79 Å². The quantitative estimate of drug-likeness (QED) is 0.866. The highest BCUT2D eigenvalue weighted by atomic mass is 16.1. The summed E-state index contributed by atoms with van der Waals surface area (Å²) in [6.45, 7) is 4.20. The molecule has 0 fully saturated rings. The van der Waals surface area contributed by atoms with Crippen LogP contribution in [0.15, 0.2) is 42.5 Å². The fourth-order valence-corrected chi connectivity index (χ4v) is 1.71. The average molecular weight is 242 g/mol. The van der Waals surface area contributed by atoms with Gasteiger partial charge in [0.2, 0.25) is 5.91 Å². The molecular formula is C15H18N2O. The van der Waals surface area contributed by atoms with Crippen LogP contribution in [0.4, 0.5) is 5.69 Å². The smallest absolute Gasteiger partial charge is 0.224 e. The van der Waals surface area contributed by atoms with Gasteiger partial charge >= 0.3 is 0 Å². The number of nitrogens with two attached hydrogens (primary N) is 1. The third kappa shape index (κ3) is 2.62. The molecule has 2 aromatic carbocycles. The van der Waals surface area contributed by atoms with Gasteiger partial charge in [0.25, 0.3) is 0 Å². The zero-order valence-electron chi connectivity index (χ0n) is 10.7. The summed E-state index contributed by atoms with van der Waals surface area (Å²) in [6, 6.07) is 14.3. The number of hydrogen-bond acceptors (Lipinski definition) is 2. The number of primary amides is 1. The van der Waals surface area contributed by atoms with E-state index in [0.29, 0.717) is 6.54 Å². The number of anilines is 1. The predicted molar refractivity (Wildman–Crippen MR) is 75.4 cm³/mol. The maximum atomic E-state index is 11.2. The van der Waals surface area contributed by atoms with Gasteiger partial charge in [-0.2, -0.15) is 0 Å². The van der Waals surface area contributed by atoms with Crippen molar-refractivity contribution in [2.24, 2.45) is 11.1 Å². The Bertz CT molecular complexity index is 575. The van der Waals surface area contributed by atoms with Crippen molar-refractivity contribution in [1.29, 1.82) is 0 Å². The Hall–Kier alpha value is -2.03. The third-order valence-corrected chi connectivity index (χ3v) is 3.15. The van der Waals surface area contributed by atoms with E-state index in [1.807, 2.05) is 32.0 Å². The number of fused-ring (bicyclic) bond motifs is 1. The second kappa shape index (κ2) is 4.69. The highest BCUT2D eigenvalue weighted by molar-refractivity contribution is 5.86. The van der Waals surface area contributed by atoms with Crippen molar-refractivity contribution in [3.63, 3.8) is 0 Å². The first-order valence-electron chi connectivity index (χ1n) is 6.02. The van der Waals surface area contributed by atoms with Crippen LogP contribution in [0.5, 0.6) is 0 Å². The van der Waals surface area contributed by atoms with Gasteiger partial charge in [0.05, 0.1) is 5.41 Å². The summed E-state index contributed by atoms with van der Waals surface area (Å²) in [5, 5.41) is 5.64. The first kappa shape index (κ1) is 12.4. The molecule has 0 heterocycles. The molecule has 3 nitrogen and oxygen atoms in total. The fraction of sp³-hybridized carbons (Fsp3) is 0.267. The van der Waals surface area contributed by atoms with Crippen molar-refractivity contribution < 1.29 is 4.79 Å². The lowest BCUT2D eigenvalue weighted by molar-refractivity contribution is -0.125. The Morgan fingerprint density at radius 2 is 1.83 bits per heavy atom. The molecule has 0 aliphatic carbocycles. The van der Waals surface area contributed by atoms with Crippen LogP contribution < -0.4 is 11.1 Å². The normalized spacial score (nSPS) is 11.4. The Kier molecular flexibility index (Phi) is 3.24. The molecule has 0 spiro atoms. The first-order chi connectivity index (χ1) is 8.49. The zero-order chi connectivity index (χ0) is 13.2. The molecule has 0 unspecified atom stereocenters. The lowest BCUT2D eigenvalue weighted by atomic mass is 9.92. The van der Waals surface area contributed by atoms with Gasteiger partial charge in [-0.25, -0.2) is 0 Å². The van der Waals surface area contributed by atoms with Crippen LogP contribution >= 0.6 is 0 Å². The number of carbonyl (C=O) groups excluding carboxylic acids is 1. The van der Waals surface area contributed by atoms with Crippen LogP contribution in [-0.4, -0.2) is 12.5 Å². The van der Waals surface area contributed by atoms with E-state index in [0.717, 1.165) is 5.69 Å². The third-order valence-electron chi connectivity index (χ3n) is 3.15. The lowest BCUT2D eigenvalue weighted by Crippen LogP contribution is -2.37. The molecule has 0 aromatic heterocycles. The van der Waals surface area contributed by atoms with E-state index in [1.165, 1.54) is 10.8 Å². The largest absolute Gasteiger partial charge is 0.384 e. The summed E-state index contributed by atoms with van der Waals surface area (Å²) in [5.74, 6) is -0.296. The maximum absolute atomic E-state index is 11.2. The minimum atomic E-state index is -0.550. The SMILES string of the molecule is CC(C)(CNc1ccc2ccccc2c1)C(N)=O. The van der Waals surface area contributed by atoms with E-state index < -0.39 is 5.41 Å². The Morgan fingerprint density at radius 3 is 2.50 bits per heavy atom. The standard InChI is InChI=1S/C15H18N2O/c1-15(2,14(16)18)10-17-13-8-7-11-5-3-4-6-12(11)9-13/h3-9,17H,10H2,1-2H3,(H2,16,18). The molecule has 0 atom stereocenters. The van der Waals surface area contributed by atoms with Crippen molar-refractivity contribution in [1.82, 2.24) is 0 Å². The average Bonchev–Trinajstić information content (AvgIpc) is 2.36. The molecule has 2 aromatic rings. The van der Waals surface area contributed by atoms with Crippen LogP contribution in [-0.2, 0) is 4.79 Å². The van der Waals surface area contributed by atoms with E-state index >= 15 is 0 Å². The number of hydrogen-bond donors (Lipinski definition) is 2. The van der Waals surface area contributed by atoms with Gasteiger partial charge in [-0.05, 0) is 36.8 Å². The lowest BCUT2D eigenvalue weighted by Gasteiger charge is -2.21. The molecule has 2 rings (SSSR count). The molecule has 3 N–H and O–H groups in total. The highest BCUT2D eigenvalue weighted by Gasteiger charge is 2.24. The Morgan fingerprint density at radius 1 is 1.17 bits per heavy atom. The fourth-order valence-electron chi connectivity index (χ4n) is 1.71. The monoisotopic (exact) mass is 242 g/mol. The molecule has 0 radical (unpaired) electrons. The van der Waals surface area contributed by atoms with Crippen LogP contribution in [0.3, 0.4) is 0 Å². The molecule has 18 heavy (non-hydrogen) atoms. The van der Waals surface area contributed by atoms with Gasteiger partial charge in [-0.1, -0.05) is 30.3 Å². The van der Waals surface area contributed by atoms with Gasteiger partial charge in [-0.15, -0.1) is 0 Å². The van der Waals surface area contributed by atoms with Crippen LogP contribution in [0.25, 0.3) is 10.8 Å². The highest BCUT2D eigenvalue weighted by Crippen LogP contribution is 2.21. The summed E-state index contributed by atoms with van der Waals surface area (Å²) in [7, 11) is 0. The molecule has 3 heteroatoms. The van der Waals surface area contributed by atoms with Crippen LogP contribution in [0.1, 0.15) is 13.8 Å². The second-order valence-corrected chi connectivity index (χ2v) is 5.16. The van der Waals surface area contributed by atoms with Crippen molar-refractivity contribution in [2.45, 2.75) is 13.8 Å². The second-order valence-electron chi connectivity index (χ2n) is 5.16.